The van der Waals surface area contributed by atoms with Crippen LogP contribution in [0, 0.1) is 0 Å². The highest BCUT2D eigenvalue weighted by atomic mass is 19.3. The van der Waals surface area contributed by atoms with Crippen LogP contribution in [0.1, 0.15) is 55.7 Å². The van der Waals surface area contributed by atoms with Crippen LogP contribution in [0.5, 0.6) is 5.75 Å². The summed E-state index contributed by atoms with van der Waals surface area (Å²) in [5.74, 6) is -0.314. The lowest BCUT2D eigenvalue weighted by Crippen LogP contribution is -2.10. The summed E-state index contributed by atoms with van der Waals surface area (Å²) in [6.45, 7) is 5.99. The number of phenols is 1. The minimum atomic E-state index is -2.67. The molecule has 96 valence electrons. The van der Waals surface area contributed by atoms with Gasteiger partial charge >= 0.3 is 0 Å². The van der Waals surface area contributed by atoms with Gasteiger partial charge in [0.05, 0.1) is 5.56 Å². The van der Waals surface area contributed by atoms with Gasteiger partial charge in [-0.2, -0.15) is 0 Å². The molecule has 1 atom stereocenters. The van der Waals surface area contributed by atoms with E-state index >= 15 is 0 Å². The largest absolute Gasteiger partial charge is 0.507 e. The Bertz CT molecular complexity index is 391. The van der Waals surface area contributed by atoms with Crippen molar-refractivity contribution in [1.82, 2.24) is 0 Å². The van der Waals surface area contributed by atoms with Crippen molar-refractivity contribution < 1.29 is 13.9 Å². The molecule has 0 radical (unpaired) electrons. The maximum atomic E-state index is 12.8. The number of rotatable bonds is 4. The summed E-state index contributed by atoms with van der Waals surface area (Å²) in [5.41, 5.74) is 6.53. The Kier molecular flexibility index (Phi) is 4.46. The Morgan fingerprint density at radius 3 is 2.12 bits per heavy atom. The lowest BCUT2D eigenvalue weighted by atomic mass is 9.91. The molecule has 17 heavy (non-hydrogen) atoms. The van der Waals surface area contributed by atoms with Gasteiger partial charge in [0.15, 0.2) is 0 Å². The van der Waals surface area contributed by atoms with Gasteiger partial charge in [-0.05, 0) is 35.6 Å². The molecule has 0 heterocycles. The standard InChI is InChI=1S/C13H19F2NO/c1-7(2)9-4-10(8(3)6-16)12(17)11(5-9)13(14)15/h4-5,7-8,13,17H,6,16H2,1-3H3. The van der Waals surface area contributed by atoms with E-state index in [4.69, 9.17) is 5.73 Å². The van der Waals surface area contributed by atoms with E-state index < -0.39 is 6.43 Å². The second-order valence-electron chi connectivity index (χ2n) is 4.64. The second-order valence-corrected chi connectivity index (χ2v) is 4.64. The van der Waals surface area contributed by atoms with Crippen LogP contribution in [-0.2, 0) is 0 Å². The zero-order chi connectivity index (χ0) is 13.2. The second kappa shape index (κ2) is 5.45. The van der Waals surface area contributed by atoms with Gasteiger partial charge in [0.1, 0.15) is 5.75 Å². The monoisotopic (exact) mass is 243 g/mol. The number of aromatic hydroxyl groups is 1. The molecular weight excluding hydrogens is 224 g/mol. The van der Waals surface area contributed by atoms with Gasteiger partial charge in [-0.3, -0.25) is 0 Å². The van der Waals surface area contributed by atoms with E-state index in [1.165, 1.54) is 6.07 Å². The SMILES string of the molecule is CC(C)c1cc(C(F)F)c(O)c(C(C)CN)c1. The first-order chi connectivity index (χ1) is 7.88. The van der Waals surface area contributed by atoms with Crippen molar-refractivity contribution in [1.29, 1.82) is 0 Å². The number of hydrogen-bond acceptors (Lipinski definition) is 2. The van der Waals surface area contributed by atoms with Crippen molar-refractivity contribution in [2.45, 2.75) is 39.0 Å². The molecule has 1 aromatic rings. The van der Waals surface area contributed by atoms with Crippen LogP contribution in [0.15, 0.2) is 12.1 Å². The Hall–Kier alpha value is -1.16. The first kappa shape index (κ1) is 13.9. The van der Waals surface area contributed by atoms with Gasteiger partial charge in [-0.25, -0.2) is 8.78 Å². The number of halogens is 2. The van der Waals surface area contributed by atoms with E-state index in [-0.39, 0.29) is 23.1 Å². The minimum Gasteiger partial charge on any atom is -0.507 e. The third-order valence-electron chi connectivity index (χ3n) is 2.98. The molecule has 1 aromatic carbocycles. The smallest absolute Gasteiger partial charge is 0.267 e. The quantitative estimate of drug-likeness (QED) is 0.850. The summed E-state index contributed by atoms with van der Waals surface area (Å²) in [4.78, 5) is 0. The first-order valence-electron chi connectivity index (χ1n) is 5.73. The summed E-state index contributed by atoms with van der Waals surface area (Å²) in [6, 6.07) is 3.14. The van der Waals surface area contributed by atoms with E-state index in [1.54, 1.807) is 6.07 Å². The summed E-state index contributed by atoms with van der Waals surface area (Å²) in [6.07, 6.45) is -2.67. The van der Waals surface area contributed by atoms with E-state index in [0.717, 1.165) is 5.56 Å². The van der Waals surface area contributed by atoms with Gasteiger partial charge in [-0.15, -0.1) is 0 Å². The fourth-order valence-corrected chi connectivity index (χ4v) is 1.71. The molecule has 1 unspecified atom stereocenters. The molecule has 0 amide bonds. The molecule has 0 bridgehead atoms. The molecule has 0 saturated heterocycles. The predicted octanol–water partition coefficient (Wildman–Crippen LogP) is 3.52. The van der Waals surface area contributed by atoms with Crippen LogP contribution in [0.4, 0.5) is 8.78 Å². The maximum absolute atomic E-state index is 12.8. The summed E-state index contributed by atoms with van der Waals surface area (Å²) >= 11 is 0. The van der Waals surface area contributed by atoms with E-state index in [2.05, 4.69) is 0 Å². The number of phenolic OH excluding ortho intramolecular Hbond substituents is 1. The summed E-state index contributed by atoms with van der Waals surface area (Å²) in [5, 5.41) is 9.83. The van der Waals surface area contributed by atoms with Crippen LogP contribution >= 0.6 is 0 Å². The van der Waals surface area contributed by atoms with Crippen LogP contribution in [0.3, 0.4) is 0 Å². The predicted molar refractivity (Wildman–Crippen MR) is 64.6 cm³/mol. The van der Waals surface area contributed by atoms with E-state index in [9.17, 15) is 13.9 Å². The Morgan fingerprint density at radius 1 is 1.18 bits per heavy atom. The summed E-state index contributed by atoms with van der Waals surface area (Å²) < 4.78 is 25.7. The normalized spacial score (nSPS) is 13.4. The average molecular weight is 243 g/mol. The number of alkyl halides is 2. The molecule has 0 fully saturated rings. The molecule has 0 aliphatic heterocycles. The molecule has 0 aromatic heterocycles. The van der Waals surface area contributed by atoms with Gasteiger partial charge in [0.25, 0.3) is 6.43 Å². The fourth-order valence-electron chi connectivity index (χ4n) is 1.71. The van der Waals surface area contributed by atoms with Crippen molar-refractivity contribution in [3.05, 3.63) is 28.8 Å². The summed E-state index contributed by atoms with van der Waals surface area (Å²) in [7, 11) is 0. The number of benzene rings is 1. The first-order valence-corrected chi connectivity index (χ1v) is 5.73. The van der Waals surface area contributed by atoms with Crippen LogP contribution < -0.4 is 5.73 Å². The van der Waals surface area contributed by atoms with E-state index in [1.807, 2.05) is 20.8 Å². The molecule has 0 saturated carbocycles. The lowest BCUT2D eigenvalue weighted by Gasteiger charge is -2.18. The zero-order valence-corrected chi connectivity index (χ0v) is 10.4. The highest BCUT2D eigenvalue weighted by molar-refractivity contribution is 5.47. The molecule has 0 aliphatic carbocycles. The lowest BCUT2D eigenvalue weighted by molar-refractivity contribution is 0.147. The molecule has 3 N–H and O–H groups in total. The van der Waals surface area contributed by atoms with Crippen LogP contribution in [0.2, 0.25) is 0 Å². The third-order valence-corrected chi connectivity index (χ3v) is 2.98. The topological polar surface area (TPSA) is 46.2 Å². The Balaban J connectivity index is 3.37. The molecule has 4 heteroatoms. The Labute approximate surface area is 100 Å². The average Bonchev–Trinajstić information content (AvgIpc) is 2.27. The van der Waals surface area contributed by atoms with Crippen molar-refractivity contribution in [3.8, 4) is 5.75 Å². The maximum Gasteiger partial charge on any atom is 0.267 e. The van der Waals surface area contributed by atoms with Crippen molar-refractivity contribution in [2.75, 3.05) is 6.54 Å². The third kappa shape index (κ3) is 2.94. The van der Waals surface area contributed by atoms with Crippen LogP contribution in [0.25, 0.3) is 0 Å². The highest BCUT2D eigenvalue weighted by Crippen LogP contribution is 2.37. The molecule has 0 spiro atoms. The van der Waals surface area contributed by atoms with Crippen LogP contribution in [-0.4, -0.2) is 11.7 Å². The molecular formula is C13H19F2NO. The molecule has 2 nitrogen and oxygen atoms in total. The number of nitrogens with two attached hydrogens (primary N) is 1. The Morgan fingerprint density at radius 2 is 1.71 bits per heavy atom. The van der Waals surface area contributed by atoms with Gasteiger partial charge in [0.2, 0.25) is 0 Å². The highest BCUT2D eigenvalue weighted by Gasteiger charge is 2.20. The molecule has 0 aliphatic rings. The zero-order valence-electron chi connectivity index (χ0n) is 10.4. The number of hydrogen-bond donors (Lipinski definition) is 2. The van der Waals surface area contributed by atoms with Gasteiger partial charge < -0.3 is 10.8 Å². The van der Waals surface area contributed by atoms with Crippen molar-refractivity contribution >= 4 is 0 Å². The van der Waals surface area contributed by atoms with Crippen molar-refractivity contribution in [2.24, 2.45) is 5.73 Å². The van der Waals surface area contributed by atoms with Crippen molar-refractivity contribution in [3.63, 3.8) is 0 Å². The van der Waals surface area contributed by atoms with E-state index in [0.29, 0.717) is 12.1 Å². The molecule has 1 rings (SSSR count). The van der Waals surface area contributed by atoms with Gasteiger partial charge in [0, 0.05) is 0 Å². The minimum absolute atomic E-state index is 0.133. The van der Waals surface area contributed by atoms with Gasteiger partial charge in [-0.1, -0.05) is 26.8 Å². The fraction of sp³-hybridized carbons (Fsp3) is 0.538.